The molecule has 0 aliphatic heterocycles. The van der Waals surface area contributed by atoms with E-state index >= 15 is 0 Å². The molecule has 0 heterocycles. The van der Waals surface area contributed by atoms with Crippen LogP contribution in [-0.2, 0) is 0 Å². The van der Waals surface area contributed by atoms with Crippen LogP contribution in [0.3, 0.4) is 0 Å². The van der Waals surface area contributed by atoms with Crippen LogP contribution in [0.25, 0.3) is 5.57 Å². The molecular formula is C15H22O. The first-order valence-corrected chi connectivity index (χ1v) is 5.34. The van der Waals surface area contributed by atoms with Gasteiger partial charge in [-0.05, 0) is 18.6 Å². The van der Waals surface area contributed by atoms with Crippen molar-refractivity contribution < 1.29 is 5.11 Å². The van der Waals surface area contributed by atoms with E-state index in [1.54, 1.807) is 30.4 Å². The summed E-state index contributed by atoms with van der Waals surface area (Å²) in [4.78, 5) is 0. The Bertz CT molecular complexity index is 324. The molecule has 1 aromatic carbocycles. The van der Waals surface area contributed by atoms with Crippen LogP contribution >= 0.6 is 0 Å². The fraction of sp³-hybridized carbons (Fsp3) is 0.200. The highest BCUT2D eigenvalue weighted by molar-refractivity contribution is 5.75. The molecule has 0 atom stereocenters. The standard InChI is InChI=1S/C10H10O.C3H6.C2H6/c1-3-8(2)9-6-4-5-7-10(9)11;1-3-2;1-2/h3-7,11H,1-2H2;3H,1H2,2H3;1-2H3. The van der Waals surface area contributed by atoms with Crippen molar-refractivity contribution in [2.24, 2.45) is 0 Å². The summed E-state index contributed by atoms with van der Waals surface area (Å²) in [6.07, 6.45) is 3.37. The van der Waals surface area contributed by atoms with Crippen molar-refractivity contribution in [3.05, 3.63) is 61.7 Å². The molecule has 0 amide bonds. The number of allylic oxidation sites excluding steroid dienone is 3. The van der Waals surface area contributed by atoms with E-state index in [1.807, 2.05) is 26.8 Å². The third kappa shape index (κ3) is 6.66. The number of phenolic OH excluding ortho intramolecular Hbond substituents is 1. The molecule has 88 valence electrons. The van der Waals surface area contributed by atoms with E-state index in [4.69, 9.17) is 0 Å². The zero-order valence-electron chi connectivity index (χ0n) is 10.5. The fourth-order valence-electron chi connectivity index (χ4n) is 0.855. The summed E-state index contributed by atoms with van der Waals surface area (Å²) in [5.41, 5.74) is 1.48. The maximum absolute atomic E-state index is 9.30. The zero-order chi connectivity index (χ0) is 13.0. The number of benzene rings is 1. The van der Waals surface area contributed by atoms with E-state index in [0.29, 0.717) is 0 Å². The Morgan fingerprint density at radius 2 is 1.62 bits per heavy atom. The van der Waals surface area contributed by atoms with Gasteiger partial charge in [0, 0.05) is 5.56 Å². The van der Waals surface area contributed by atoms with Crippen molar-refractivity contribution in [3.8, 4) is 5.75 Å². The highest BCUT2D eigenvalue weighted by atomic mass is 16.3. The minimum atomic E-state index is 0.248. The summed E-state index contributed by atoms with van der Waals surface area (Å²) in [5, 5.41) is 9.30. The Hall–Kier alpha value is -1.76. The normalized spacial score (nSPS) is 7.44. The van der Waals surface area contributed by atoms with Crippen molar-refractivity contribution in [2.75, 3.05) is 0 Å². The van der Waals surface area contributed by atoms with Gasteiger partial charge in [-0.25, -0.2) is 0 Å². The monoisotopic (exact) mass is 218 g/mol. The second kappa shape index (κ2) is 11.3. The lowest BCUT2D eigenvalue weighted by Gasteiger charge is -2.01. The molecule has 0 saturated carbocycles. The van der Waals surface area contributed by atoms with Crippen LogP contribution in [0.15, 0.2) is 56.2 Å². The van der Waals surface area contributed by atoms with Gasteiger partial charge in [-0.2, -0.15) is 0 Å². The predicted molar refractivity (Wildman–Crippen MR) is 74.6 cm³/mol. The minimum absolute atomic E-state index is 0.248. The fourth-order valence-corrected chi connectivity index (χ4v) is 0.855. The van der Waals surface area contributed by atoms with E-state index < -0.39 is 0 Å². The van der Waals surface area contributed by atoms with Gasteiger partial charge >= 0.3 is 0 Å². The highest BCUT2D eigenvalue weighted by Crippen LogP contribution is 2.23. The van der Waals surface area contributed by atoms with E-state index in [-0.39, 0.29) is 5.75 Å². The van der Waals surface area contributed by atoms with Gasteiger partial charge in [-0.3, -0.25) is 0 Å². The van der Waals surface area contributed by atoms with Gasteiger partial charge in [0.2, 0.25) is 0 Å². The minimum Gasteiger partial charge on any atom is -0.507 e. The molecular weight excluding hydrogens is 196 g/mol. The Labute approximate surface area is 99.5 Å². The number of phenols is 1. The van der Waals surface area contributed by atoms with Crippen LogP contribution in [0.2, 0.25) is 0 Å². The number of hydrogen-bond donors (Lipinski definition) is 1. The second-order valence-electron chi connectivity index (χ2n) is 2.65. The lowest BCUT2D eigenvalue weighted by molar-refractivity contribution is 0.474. The first-order valence-electron chi connectivity index (χ1n) is 5.34. The molecule has 0 radical (unpaired) electrons. The third-order valence-corrected chi connectivity index (χ3v) is 1.50. The second-order valence-corrected chi connectivity index (χ2v) is 2.65. The molecule has 16 heavy (non-hydrogen) atoms. The number of para-hydroxylation sites is 1. The van der Waals surface area contributed by atoms with Gasteiger partial charge in [0.1, 0.15) is 5.75 Å². The van der Waals surface area contributed by atoms with Crippen LogP contribution in [0.5, 0.6) is 5.75 Å². The van der Waals surface area contributed by atoms with Gasteiger partial charge in [0.05, 0.1) is 0 Å². The van der Waals surface area contributed by atoms with Crippen molar-refractivity contribution in [2.45, 2.75) is 20.8 Å². The molecule has 0 unspecified atom stereocenters. The Morgan fingerprint density at radius 3 is 2.00 bits per heavy atom. The lowest BCUT2D eigenvalue weighted by Crippen LogP contribution is -1.78. The average molecular weight is 218 g/mol. The summed E-state index contributed by atoms with van der Waals surface area (Å²) in [5.74, 6) is 0.248. The maximum atomic E-state index is 9.30. The third-order valence-electron chi connectivity index (χ3n) is 1.50. The van der Waals surface area contributed by atoms with Crippen LogP contribution in [0.4, 0.5) is 0 Å². The summed E-state index contributed by atoms with van der Waals surface area (Å²) < 4.78 is 0. The molecule has 0 bridgehead atoms. The molecule has 0 aliphatic rings. The predicted octanol–water partition coefficient (Wildman–Crippen LogP) is 4.81. The van der Waals surface area contributed by atoms with Crippen molar-refractivity contribution in [3.63, 3.8) is 0 Å². The smallest absolute Gasteiger partial charge is 0.123 e. The van der Waals surface area contributed by atoms with Crippen LogP contribution in [0, 0.1) is 0 Å². The molecule has 1 nitrogen and oxygen atoms in total. The first kappa shape index (κ1) is 16.7. The summed E-state index contributed by atoms with van der Waals surface area (Å²) in [6, 6.07) is 7.06. The SMILES string of the molecule is C=CC.C=CC(=C)c1ccccc1O.CC. The van der Waals surface area contributed by atoms with Gasteiger partial charge < -0.3 is 5.11 Å². The van der Waals surface area contributed by atoms with Crippen LogP contribution < -0.4 is 0 Å². The molecule has 0 aliphatic carbocycles. The molecule has 1 N–H and O–H groups in total. The summed E-state index contributed by atoms with van der Waals surface area (Å²) in [6.45, 7) is 16.5. The van der Waals surface area contributed by atoms with Gasteiger partial charge in [0.25, 0.3) is 0 Å². The maximum Gasteiger partial charge on any atom is 0.123 e. The first-order chi connectivity index (χ1) is 7.67. The summed E-state index contributed by atoms with van der Waals surface area (Å²) in [7, 11) is 0. The van der Waals surface area contributed by atoms with Crippen molar-refractivity contribution in [1.29, 1.82) is 0 Å². The highest BCUT2D eigenvalue weighted by Gasteiger charge is 1.98. The van der Waals surface area contributed by atoms with Gasteiger partial charge in [0.15, 0.2) is 0 Å². The van der Waals surface area contributed by atoms with Crippen LogP contribution in [-0.4, -0.2) is 5.11 Å². The van der Waals surface area contributed by atoms with Crippen molar-refractivity contribution in [1.82, 2.24) is 0 Å². The molecule has 1 aromatic rings. The topological polar surface area (TPSA) is 20.2 Å². The lowest BCUT2D eigenvalue weighted by atomic mass is 10.1. The zero-order valence-corrected chi connectivity index (χ0v) is 10.5. The van der Waals surface area contributed by atoms with E-state index in [9.17, 15) is 5.11 Å². The molecule has 0 saturated heterocycles. The van der Waals surface area contributed by atoms with E-state index in [2.05, 4.69) is 19.7 Å². The van der Waals surface area contributed by atoms with E-state index in [0.717, 1.165) is 11.1 Å². The van der Waals surface area contributed by atoms with E-state index in [1.165, 1.54) is 0 Å². The Morgan fingerprint density at radius 1 is 1.19 bits per heavy atom. The Kier molecular flexibility index (Phi) is 11.8. The molecule has 0 fully saturated rings. The molecule has 0 aromatic heterocycles. The number of hydrogen-bond acceptors (Lipinski definition) is 1. The molecule has 1 heteroatoms. The molecule has 1 rings (SSSR count). The number of rotatable bonds is 2. The van der Waals surface area contributed by atoms with Crippen LogP contribution in [0.1, 0.15) is 26.3 Å². The largest absolute Gasteiger partial charge is 0.507 e. The number of aromatic hydroxyl groups is 1. The quantitative estimate of drug-likeness (QED) is 0.558. The average Bonchev–Trinajstić information content (AvgIpc) is 2.32. The molecule has 0 spiro atoms. The van der Waals surface area contributed by atoms with Crippen molar-refractivity contribution >= 4 is 5.57 Å². The van der Waals surface area contributed by atoms with Gasteiger partial charge in [-0.1, -0.05) is 57.4 Å². The van der Waals surface area contributed by atoms with Gasteiger partial charge in [-0.15, -0.1) is 6.58 Å². The summed E-state index contributed by atoms with van der Waals surface area (Å²) >= 11 is 0. The Balaban J connectivity index is 0.